The van der Waals surface area contributed by atoms with Gasteiger partial charge in [0.1, 0.15) is 0 Å². The van der Waals surface area contributed by atoms with E-state index in [1.165, 1.54) is 12.1 Å². The van der Waals surface area contributed by atoms with Crippen molar-refractivity contribution in [3.8, 4) is 0 Å². The van der Waals surface area contributed by atoms with Crippen molar-refractivity contribution >= 4 is 22.6 Å². The van der Waals surface area contributed by atoms with Gasteiger partial charge < -0.3 is 15.4 Å². The second kappa shape index (κ2) is 2.73. The van der Waals surface area contributed by atoms with Gasteiger partial charge in [-0.05, 0) is 13.0 Å². The zero-order valence-corrected chi connectivity index (χ0v) is 7.44. The minimum absolute atomic E-state index is 0.0730. The Balaban J connectivity index is 2.80. The van der Waals surface area contributed by atoms with Gasteiger partial charge in [0.05, 0.1) is 11.3 Å². The number of benzene rings is 1. The summed E-state index contributed by atoms with van der Waals surface area (Å²) in [4.78, 5) is 10.8. The van der Waals surface area contributed by atoms with Crippen LogP contribution in [-0.2, 0) is 0 Å². The van der Waals surface area contributed by atoms with E-state index in [4.69, 9.17) is 15.4 Å². The third-order valence-corrected chi connectivity index (χ3v) is 2.05. The van der Waals surface area contributed by atoms with Gasteiger partial charge in [0.25, 0.3) is 0 Å². The second-order valence-electron chi connectivity index (χ2n) is 3.01. The molecule has 0 amide bonds. The first-order valence-corrected chi connectivity index (χ1v) is 3.98. The third-order valence-electron chi connectivity index (χ3n) is 2.05. The fourth-order valence-electron chi connectivity index (χ4n) is 1.31. The molecule has 0 aliphatic carbocycles. The molecule has 2 rings (SSSR count). The van der Waals surface area contributed by atoms with Crippen LogP contribution in [0.5, 0.6) is 0 Å². The molecule has 5 nitrogen and oxygen atoms in total. The summed E-state index contributed by atoms with van der Waals surface area (Å²) in [7, 11) is 0. The molecule has 1 aromatic heterocycles. The van der Waals surface area contributed by atoms with Gasteiger partial charge in [-0.2, -0.15) is 0 Å². The lowest BCUT2D eigenvalue weighted by Gasteiger charge is -1.99. The van der Waals surface area contributed by atoms with Gasteiger partial charge in [-0.15, -0.1) is 0 Å². The van der Waals surface area contributed by atoms with Gasteiger partial charge in [-0.3, -0.25) is 0 Å². The average molecular weight is 192 g/mol. The Morgan fingerprint density at radius 1 is 1.57 bits per heavy atom. The van der Waals surface area contributed by atoms with Crippen LogP contribution in [0.15, 0.2) is 16.7 Å². The van der Waals surface area contributed by atoms with Crippen LogP contribution in [0.1, 0.15) is 16.1 Å². The number of carboxylic acid groups (broad SMARTS) is 1. The number of aromatic carboxylic acids is 1. The summed E-state index contributed by atoms with van der Waals surface area (Å²) in [6.07, 6.45) is 0. The number of anilines is 1. The summed E-state index contributed by atoms with van der Waals surface area (Å²) in [5, 5.41) is 13.2. The number of nitrogen functional groups attached to an aromatic ring is 1. The molecule has 0 unspecified atom stereocenters. The summed E-state index contributed by atoms with van der Waals surface area (Å²) in [6, 6.07) is 2.94. The zero-order valence-electron chi connectivity index (χ0n) is 7.44. The SMILES string of the molecule is Cc1noc2cc(N)c(C(=O)O)cc12. The molecule has 2 aromatic rings. The monoisotopic (exact) mass is 192 g/mol. The molecule has 0 aliphatic heterocycles. The van der Waals surface area contributed by atoms with Crippen molar-refractivity contribution in [2.75, 3.05) is 5.73 Å². The number of carboxylic acids is 1. The molecule has 0 fully saturated rings. The summed E-state index contributed by atoms with van der Waals surface area (Å²) in [5.41, 5.74) is 6.94. The average Bonchev–Trinajstić information content (AvgIpc) is 2.46. The van der Waals surface area contributed by atoms with Crippen LogP contribution >= 0.6 is 0 Å². The van der Waals surface area contributed by atoms with Gasteiger partial charge in [0.2, 0.25) is 0 Å². The van der Waals surface area contributed by atoms with E-state index in [0.29, 0.717) is 16.7 Å². The van der Waals surface area contributed by atoms with E-state index in [9.17, 15) is 4.79 Å². The molecule has 3 N–H and O–H groups in total. The Morgan fingerprint density at radius 3 is 2.93 bits per heavy atom. The molecule has 5 heteroatoms. The van der Waals surface area contributed by atoms with E-state index in [0.717, 1.165) is 0 Å². The standard InChI is InChI=1S/C9H8N2O3/c1-4-5-2-6(9(12)13)7(10)3-8(5)14-11-4/h2-3H,10H2,1H3,(H,12,13). The topological polar surface area (TPSA) is 89.4 Å². The van der Waals surface area contributed by atoms with Gasteiger partial charge in [0.15, 0.2) is 5.58 Å². The maximum atomic E-state index is 10.8. The molecule has 0 saturated heterocycles. The Morgan fingerprint density at radius 2 is 2.29 bits per heavy atom. The summed E-state index contributed by atoms with van der Waals surface area (Å²) < 4.78 is 4.94. The number of hydrogen-bond acceptors (Lipinski definition) is 4. The van der Waals surface area contributed by atoms with Crippen molar-refractivity contribution in [1.29, 1.82) is 0 Å². The summed E-state index contributed by atoms with van der Waals surface area (Å²) in [6.45, 7) is 1.74. The van der Waals surface area contributed by atoms with Crippen LogP contribution in [-0.4, -0.2) is 16.2 Å². The number of rotatable bonds is 1. The fraction of sp³-hybridized carbons (Fsp3) is 0.111. The van der Waals surface area contributed by atoms with Gasteiger partial charge in [0, 0.05) is 17.1 Å². The number of hydrogen-bond donors (Lipinski definition) is 2. The minimum Gasteiger partial charge on any atom is -0.478 e. The van der Waals surface area contributed by atoms with E-state index in [-0.39, 0.29) is 11.3 Å². The van der Waals surface area contributed by atoms with Gasteiger partial charge in [-0.25, -0.2) is 4.79 Å². The Hall–Kier alpha value is -2.04. The van der Waals surface area contributed by atoms with Crippen LogP contribution < -0.4 is 5.73 Å². The summed E-state index contributed by atoms with van der Waals surface area (Å²) in [5.74, 6) is -1.05. The first-order chi connectivity index (χ1) is 6.59. The Bertz CT molecular complexity index is 516. The van der Waals surface area contributed by atoms with Crippen LogP contribution in [0.25, 0.3) is 11.0 Å². The number of fused-ring (bicyclic) bond motifs is 1. The molecular weight excluding hydrogens is 184 g/mol. The van der Waals surface area contributed by atoms with Crippen molar-refractivity contribution in [3.05, 3.63) is 23.4 Å². The van der Waals surface area contributed by atoms with Crippen molar-refractivity contribution in [1.82, 2.24) is 5.16 Å². The molecule has 14 heavy (non-hydrogen) atoms. The highest BCUT2D eigenvalue weighted by Gasteiger charge is 2.12. The van der Waals surface area contributed by atoms with Crippen LogP contribution in [0, 0.1) is 6.92 Å². The molecule has 0 aliphatic rings. The molecule has 72 valence electrons. The van der Waals surface area contributed by atoms with Crippen LogP contribution in [0.2, 0.25) is 0 Å². The minimum atomic E-state index is -1.05. The van der Waals surface area contributed by atoms with Crippen molar-refractivity contribution in [2.45, 2.75) is 6.92 Å². The lowest BCUT2D eigenvalue weighted by molar-refractivity contribution is 0.0698. The lowest BCUT2D eigenvalue weighted by atomic mass is 10.1. The Kier molecular flexibility index (Phi) is 1.67. The molecule has 0 radical (unpaired) electrons. The van der Waals surface area contributed by atoms with Crippen molar-refractivity contribution in [3.63, 3.8) is 0 Å². The van der Waals surface area contributed by atoms with Crippen LogP contribution in [0.4, 0.5) is 5.69 Å². The highest BCUT2D eigenvalue weighted by Crippen LogP contribution is 2.24. The zero-order chi connectivity index (χ0) is 10.3. The number of aromatic nitrogens is 1. The molecule has 1 heterocycles. The largest absolute Gasteiger partial charge is 0.478 e. The number of nitrogens with zero attached hydrogens (tertiary/aromatic N) is 1. The van der Waals surface area contributed by atoms with Crippen molar-refractivity contribution in [2.24, 2.45) is 0 Å². The quantitative estimate of drug-likeness (QED) is 0.667. The highest BCUT2D eigenvalue weighted by atomic mass is 16.5. The normalized spacial score (nSPS) is 10.6. The number of aryl methyl sites for hydroxylation is 1. The molecule has 0 saturated carbocycles. The summed E-state index contributed by atoms with van der Waals surface area (Å²) >= 11 is 0. The maximum Gasteiger partial charge on any atom is 0.337 e. The van der Waals surface area contributed by atoms with E-state index in [2.05, 4.69) is 5.16 Å². The van der Waals surface area contributed by atoms with Gasteiger partial charge >= 0.3 is 5.97 Å². The maximum absolute atomic E-state index is 10.8. The highest BCUT2D eigenvalue weighted by molar-refractivity contribution is 5.99. The third kappa shape index (κ3) is 1.10. The van der Waals surface area contributed by atoms with E-state index in [1.807, 2.05) is 0 Å². The van der Waals surface area contributed by atoms with E-state index >= 15 is 0 Å². The lowest BCUT2D eigenvalue weighted by Crippen LogP contribution is -2.01. The fourth-order valence-corrected chi connectivity index (χ4v) is 1.31. The molecule has 1 aromatic carbocycles. The van der Waals surface area contributed by atoms with Crippen molar-refractivity contribution < 1.29 is 14.4 Å². The molecule has 0 atom stereocenters. The first kappa shape index (κ1) is 8.55. The number of nitrogens with two attached hydrogens (primary N) is 1. The molecule has 0 spiro atoms. The van der Waals surface area contributed by atoms with E-state index in [1.54, 1.807) is 6.92 Å². The predicted molar refractivity (Wildman–Crippen MR) is 50.1 cm³/mol. The van der Waals surface area contributed by atoms with E-state index < -0.39 is 5.97 Å². The smallest absolute Gasteiger partial charge is 0.337 e. The Labute approximate surface area is 79.1 Å². The molecule has 0 bridgehead atoms. The first-order valence-electron chi connectivity index (χ1n) is 3.98. The predicted octanol–water partition coefficient (Wildman–Crippen LogP) is 1.42. The second-order valence-corrected chi connectivity index (χ2v) is 3.01. The van der Waals surface area contributed by atoms with Crippen LogP contribution in [0.3, 0.4) is 0 Å². The number of carbonyl (C=O) groups is 1. The van der Waals surface area contributed by atoms with Gasteiger partial charge in [-0.1, -0.05) is 5.16 Å². The molecular formula is C9H8N2O3.